The molecule has 0 spiro atoms. The fourth-order valence-corrected chi connectivity index (χ4v) is 2.12. The molecule has 22 heavy (non-hydrogen) atoms. The predicted octanol–water partition coefficient (Wildman–Crippen LogP) is 4.79. The zero-order valence-electron chi connectivity index (χ0n) is 11.6. The summed E-state index contributed by atoms with van der Waals surface area (Å²) in [7, 11) is 1.54. The average Bonchev–Trinajstić information content (AvgIpc) is 2.55. The zero-order valence-corrected chi connectivity index (χ0v) is 13.2. The maximum atomic E-state index is 12.3. The Hall–Kier alpha value is -2.28. The van der Waals surface area contributed by atoms with Crippen molar-refractivity contribution in [1.82, 2.24) is 0 Å². The molecule has 0 unspecified atom stereocenters. The number of carbonyl (C=O) groups is 1. The average molecular weight is 332 g/mol. The third-order valence-corrected chi connectivity index (χ3v) is 3.71. The summed E-state index contributed by atoms with van der Waals surface area (Å²) in [5, 5.41) is 10.0. The normalized spacial score (nSPS) is 10.9. The zero-order chi connectivity index (χ0) is 16.1. The Balaban J connectivity index is 2.33. The molecule has 0 atom stereocenters. The summed E-state index contributed by atoms with van der Waals surface area (Å²) in [6, 6.07) is 13.4. The molecular weight excluding hydrogens is 321 g/mol. The van der Waals surface area contributed by atoms with Gasteiger partial charge in [-0.1, -0.05) is 29.3 Å². The van der Waals surface area contributed by atoms with Crippen molar-refractivity contribution >= 4 is 35.1 Å². The van der Waals surface area contributed by atoms with Crippen LogP contribution in [0.4, 0.5) is 0 Å². The quantitative estimate of drug-likeness (QED) is 0.459. The number of ether oxygens (including phenoxy) is 1. The van der Waals surface area contributed by atoms with Gasteiger partial charge in [-0.2, -0.15) is 5.26 Å². The molecule has 2 aromatic rings. The van der Waals surface area contributed by atoms with E-state index in [2.05, 4.69) is 0 Å². The second-order valence-electron chi connectivity index (χ2n) is 4.40. The van der Waals surface area contributed by atoms with Crippen molar-refractivity contribution in [1.29, 1.82) is 5.26 Å². The van der Waals surface area contributed by atoms with Gasteiger partial charge in [0.05, 0.1) is 17.2 Å². The monoisotopic (exact) mass is 331 g/mol. The molecule has 5 heteroatoms. The van der Waals surface area contributed by atoms with E-state index >= 15 is 0 Å². The number of Topliss-reactive ketones (excluding diaryl/α,β-unsaturated/α-hetero) is 1. The Bertz CT molecular complexity index is 774. The Kier molecular flexibility index (Phi) is 5.21. The third-order valence-electron chi connectivity index (χ3n) is 2.97. The molecule has 110 valence electrons. The summed E-state index contributed by atoms with van der Waals surface area (Å²) in [4.78, 5) is 12.3. The summed E-state index contributed by atoms with van der Waals surface area (Å²) in [6.45, 7) is 0. The van der Waals surface area contributed by atoms with E-state index in [0.29, 0.717) is 26.9 Å². The first-order valence-electron chi connectivity index (χ1n) is 6.30. The third kappa shape index (κ3) is 3.67. The van der Waals surface area contributed by atoms with Crippen LogP contribution in [0.25, 0.3) is 6.08 Å². The number of ketones is 1. The molecule has 0 aliphatic heterocycles. The SMILES string of the molecule is COc1ccc(C(=O)/C(C#N)=C\c2ccc(Cl)c(Cl)c2)cc1. The van der Waals surface area contributed by atoms with Crippen LogP contribution in [-0.2, 0) is 0 Å². The number of allylic oxidation sites excluding steroid dienone is 1. The Labute approximate surface area is 138 Å². The van der Waals surface area contributed by atoms with Crippen molar-refractivity contribution in [2.45, 2.75) is 0 Å². The molecule has 0 radical (unpaired) electrons. The second-order valence-corrected chi connectivity index (χ2v) is 5.22. The van der Waals surface area contributed by atoms with E-state index in [0.717, 1.165) is 0 Å². The number of rotatable bonds is 4. The Morgan fingerprint density at radius 1 is 1.14 bits per heavy atom. The van der Waals surface area contributed by atoms with Gasteiger partial charge in [0.15, 0.2) is 0 Å². The van der Waals surface area contributed by atoms with Crippen LogP contribution in [0.3, 0.4) is 0 Å². The molecule has 0 heterocycles. The predicted molar refractivity (Wildman–Crippen MR) is 87.4 cm³/mol. The molecule has 0 aliphatic carbocycles. The molecule has 0 N–H and O–H groups in total. The van der Waals surface area contributed by atoms with E-state index in [1.807, 2.05) is 6.07 Å². The van der Waals surface area contributed by atoms with E-state index in [9.17, 15) is 10.1 Å². The highest BCUT2D eigenvalue weighted by atomic mass is 35.5. The van der Waals surface area contributed by atoms with Gasteiger partial charge in [-0.25, -0.2) is 0 Å². The van der Waals surface area contributed by atoms with Gasteiger partial charge in [0.2, 0.25) is 5.78 Å². The second kappa shape index (κ2) is 7.13. The van der Waals surface area contributed by atoms with Gasteiger partial charge >= 0.3 is 0 Å². The molecule has 0 saturated heterocycles. The molecule has 2 aromatic carbocycles. The van der Waals surface area contributed by atoms with Gasteiger partial charge in [-0.05, 0) is 48.0 Å². The highest BCUT2D eigenvalue weighted by Crippen LogP contribution is 2.24. The highest BCUT2D eigenvalue weighted by Gasteiger charge is 2.12. The minimum Gasteiger partial charge on any atom is -0.497 e. The summed E-state index contributed by atoms with van der Waals surface area (Å²) in [5.74, 6) is 0.278. The molecule has 2 rings (SSSR count). The van der Waals surface area contributed by atoms with Gasteiger partial charge in [-0.3, -0.25) is 4.79 Å². The van der Waals surface area contributed by atoms with Crippen molar-refractivity contribution in [3.8, 4) is 11.8 Å². The first-order valence-corrected chi connectivity index (χ1v) is 7.06. The fraction of sp³-hybridized carbons (Fsp3) is 0.0588. The number of carbonyl (C=O) groups excluding carboxylic acids is 1. The van der Waals surface area contributed by atoms with E-state index in [4.69, 9.17) is 27.9 Å². The maximum Gasteiger partial charge on any atom is 0.203 e. The number of nitrogens with zero attached hydrogens (tertiary/aromatic N) is 1. The van der Waals surface area contributed by atoms with Crippen LogP contribution in [0.15, 0.2) is 48.0 Å². The molecular formula is C17H11Cl2NO2. The van der Waals surface area contributed by atoms with Crippen molar-refractivity contribution in [3.05, 3.63) is 69.2 Å². The fourth-order valence-electron chi connectivity index (χ4n) is 1.82. The Morgan fingerprint density at radius 2 is 1.82 bits per heavy atom. The minimum absolute atomic E-state index is 0.0172. The van der Waals surface area contributed by atoms with Crippen LogP contribution in [0.2, 0.25) is 10.0 Å². The minimum atomic E-state index is -0.365. The van der Waals surface area contributed by atoms with Gasteiger partial charge < -0.3 is 4.74 Å². The molecule has 0 bridgehead atoms. The molecule has 0 aliphatic rings. The number of hydrogen-bond donors (Lipinski definition) is 0. The number of benzene rings is 2. The first-order chi connectivity index (χ1) is 10.5. The van der Waals surface area contributed by atoms with Crippen LogP contribution >= 0.6 is 23.2 Å². The molecule has 0 saturated carbocycles. The summed E-state index contributed by atoms with van der Waals surface area (Å²) < 4.78 is 5.04. The Morgan fingerprint density at radius 3 is 2.36 bits per heavy atom. The lowest BCUT2D eigenvalue weighted by Crippen LogP contribution is -2.01. The van der Waals surface area contributed by atoms with Crippen molar-refractivity contribution in [2.24, 2.45) is 0 Å². The lowest BCUT2D eigenvalue weighted by atomic mass is 10.0. The van der Waals surface area contributed by atoms with Crippen molar-refractivity contribution < 1.29 is 9.53 Å². The standard InChI is InChI=1S/C17H11Cl2NO2/c1-22-14-5-3-12(4-6-14)17(21)13(10-20)8-11-2-7-15(18)16(19)9-11/h2-9H,1H3/b13-8-. The summed E-state index contributed by atoms with van der Waals surface area (Å²) in [5.41, 5.74) is 1.06. The van der Waals surface area contributed by atoms with Crippen molar-refractivity contribution in [3.63, 3.8) is 0 Å². The van der Waals surface area contributed by atoms with Crippen LogP contribution in [0.1, 0.15) is 15.9 Å². The number of halogens is 2. The summed E-state index contributed by atoms with van der Waals surface area (Å²) in [6.07, 6.45) is 1.48. The number of hydrogen-bond acceptors (Lipinski definition) is 3. The molecule has 0 fully saturated rings. The van der Waals surface area contributed by atoms with Crippen LogP contribution < -0.4 is 4.74 Å². The van der Waals surface area contributed by atoms with E-state index in [-0.39, 0.29) is 11.4 Å². The smallest absolute Gasteiger partial charge is 0.203 e. The lowest BCUT2D eigenvalue weighted by molar-refractivity contribution is 0.104. The van der Waals surface area contributed by atoms with Gasteiger partial charge in [-0.15, -0.1) is 0 Å². The highest BCUT2D eigenvalue weighted by molar-refractivity contribution is 6.42. The molecule has 3 nitrogen and oxygen atoms in total. The topological polar surface area (TPSA) is 50.1 Å². The number of nitriles is 1. The van der Waals surface area contributed by atoms with Crippen LogP contribution in [0, 0.1) is 11.3 Å². The largest absolute Gasteiger partial charge is 0.497 e. The first kappa shape index (κ1) is 16.1. The lowest BCUT2D eigenvalue weighted by Gasteiger charge is -2.03. The molecule has 0 amide bonds. The van der Waals surface area contributed by atoms with E-state index in [1.54, 1.807) is 49.6 Å². The maximum absolute atomic E-state index is 12.3. The van der Waals surface area contributed by atoms with E-state index in [1.165, 1.54) is 6.08 Å². The molecule has 0 aromatic heterocycles. The van der Waals surface area contributed by atoms with Crippen LogP contribution in [-0.4, -0.2) is 12.9 Å². The number of methoxy groups -OCH3 is 1. The summed E-state index contributed by atoms with van der Waals surface area (Å²) >= 11 is 11.8. The van der Waals surface area contributed by atoms with E-state index < -0.39 is 0 Å². The van der Waals surface area contributed by atoms with Crippen LogP contribution in [0.5, 0.6) is 5.75 Å². The van der Waals surface area contributed by atoms with Gasteiger partial charge in [0.1, 0.15) is 17.4 Å². The van der Waals surface area contributed by atoms with Gasteiger partial charge in [0, 0.05) is 5.56 Å². The van der Waals surface area contributed by atoms with Crippen molar-refractivity contribution in [2.75, 3.05) is 7.11 Å². The van der Waals surface area contributed by atoms with Gasteiger partial charge in [0.25, 0.3) is 0 Å².